The van der Waals surface area contributed by atoms with Crippen LogP contribution in [-0.2, 0) is 48.2 Å². The number of aliphatic imine (C=N–C) groups is 1. The molecule has 0 saturated carbocycles. The molecule has 39 nitrogen and oxygen atoms in total. The van der Waals surface area contributed by atoms with Crippen molar-refractivity contribution in [2.75, 3.05) is 65.2 Å². The number of nitrogens with one attached hydrogen (secondary N) is 1. The molecule has 0 fully saturated rings. The minimum Gasteiger partial charge on any atom is -0.478 e. The van der Waals surface area contributed by atoms with Crippen LogP contribution in [0.25, 0.3) is 38.6 Å². The van der Waals surface area contributed by atoms with Crippen molar-refractivity contribution in [1.29, 1.82) is 0 Å². The van der Waals surface area contributed by atoms with Gasteiger partial charge in [0.05, 0.1) is 46.8 Å². The largest absolute Gasteiger partial charge is 0.478 e. The number of non-ortho nitro benzene ring substituents is 1. The van der Waals surface area contributed by atoms with Crippen molar-refractivity contribution in [2.24, 2.45) is 20.3 Å². The Hall–Kier alpha value is -15.6. The SMILES string of the molecule is C=C(OO)Oc1ccc(N=[NH2+])cc1.C=Cc1ccc(C(=O)O)cc1.C=Cc1ccc([Si](OCC)(OCC)OCC)cc1.CCO[Si](CCCN=Cc1ccc([N+](=O)[O-])c(OC)c1)(OCC)OCC.F[P-](F)(F)(F)(F)F.O=C(O)c1cc([N+](=O)[O-])ccc1F.O=C(O)c1ccc(C(=O)c2ccccc2)cc1.[N-]=[N+]=CC(=O)CNc1ccc(C(=O)O)cc1.[N-]=[N+]=Nc1ccc(CBr)cc1.[N-]=[N+]=Nc1ccc(CO)cc1. The van der Waals surface area contributed by atoms with E-state index in [0.717, 1.165) is 57.5 Å². The number of hydrogen-bond donors (Lipinski definition) is 8. The Morgan fingerprint density at radius 2 is 0.979 bits per heavy atom. The third-order valence-corrected chi connectivity index (χ3v) is 23.7. The number of hydrogen-bond acceptors (Lipinski definition) is 26. The van der Waals surface area contributed by atoms with Gasteiger partial charge in [-0.15, -0.1) is 0 Å². The van der Waals surface area contributed by atoms with Crippen LogP contribution in [0.5, 0.6) is 11.5 Å². The van der Waals surface area contributed by atoms with Crippen molar-refractivity contribution >= 4 is 141 Å². The number of aliphatic hydroxyl groups is 1. The molecule has 0 spiro atoms. The molecule has 0 aliphatic rings. The van der Waals surface area contributed by atoms with Crippen LogP contribution in [0.2, 0.25) is 6.04 Å². The maximum atomic E-state index is 12.7. The van der Waals surface area contributed by atoms with Crippen LogP contribution in [0.3, 0.4) is 0 Å². The molecule has 0 aromatic heterocycles. The molecular weight excluding hydrogens is 2010 g/mol. The Morgan fingerprint density at radius 3 is 1.37 bits per heavy atom. The van der Waals surface area contributed by atoms with E-state index in [2.05, 4.69) is 80.8 Å². The van der Waals surface area contributed by atoms with Crippen LogP contribution in [0.4, 0.5) is 63.7 Å². The molecule has 0 amide bonds. The summed E-state index contributed by atoms with van der Waals surface area (Å²) in [6, 6.07) is 63.7. The van der Waals surface area contributed by atoms with Gasteiger partial charge >= 0.3 is 92.3 Å². The van der Waals surface area contributed by atoms with Crippen molar-refractivity contribution in [3.8, 4) is 11.5 Å². The molecule has 0 bridgehead atoms. The second-order valence-corrected chi connectivity index (χ2v) is 34.8. The number of ketones is 2. The number of halogens is 8. The number of azide groups is 2. The first-order valence-electron chi connectivity index (χ1n) is 41.7. The number of carbonyl (C=O) groups is 6. The first kappa shape index (κ1) is 125. The number of ether oxygens (including phenoxy) is 2. The molecule has 143 heavy (non-hydrogen) atoms. The Balaban J connectivity index is 0.000000807. The second kappa shape index (κ2) is 66.1. The third-order valence-electron chi connectivity index (χ3n) is 16.9. The van der Waals surface area contributed by atoms with Gasteiger partial charge in [0, 0.05) is 125 Å². The van der Waals surface area contributed by atoms with Crippen LogP contribution in [-0.4, -0.2) is 171 Å². The Bertz CT molecular complexity index is 5840. The van der Waals surface area contributed by atoms with Gasteiger partial charge in [0.2, 0.25) is 0 Å². The zero-order valence-corrected chi connectivity index (χ0v) is 82.3. The summed E-state index contributed by atoms with van der Waals surface area (Å²) in [6.07, 6.45) is 6.73. The molecule has 0 radical (unpaired) electrons. The number of nitro groups is 2. The molecule has 0 atom stereocenters. The van der Waals surface area contributed by atoms with E-state index in [1.807, 2.05) is 90.1 Å². The number of methoxy groups -OCH3 is 1. The van der Waals surface area contributed by atoms with Crippen LogP contribution in [0, 0.1) is 26.0 Å². The number of nitro benzene ring substituents is 2. The quantitative estimate of drug-likeness (QED) is 0.00140. The summed E-state index contributed by atoms with van der Waals surface area (Å²) in [7, 11) is -14.6. The van der Waals surface area contributed by atoms with Gasteiger partial charge in [-0.3, -0.25) is 34.8 Å². The number of alkyl halides is 1. The van der Waals surface area contributed by atoms with E-state index in [1.165, 1.54) is 55.1 Å². The molecule has 0 saturated heterocycles. The molecule has 0 aliphatic heterocycles. The number of benzene rings is 10. The number of carboxylic acid groups (broad SMARTS) is 4. The predicted octanol–water partition coefficient (Wildman–Crippen LogP) is 22.7. The molecule has 9 N–H and O–H groups in total. The second-order valence-electron chi connectivity index (χ2n) is 27.0. The first-order valence-corrected chi connectivity index (χ1v) is 48.5. The Labute approximate surface area is 825 Å². The van der Waals surface area contributed by atoms with Crippen molar-refractivity contribution in [3.63, 3.8) is 0 Å². The van der Waals surface area contributed by atoms with Gasteiger partial charge < -0.3 is 77.3 Å². The van der Waals surface area contributed by atoms with E-state index in [4.69, 9.17) is 88.9 Å². The van der Waals surface area contributed by atoms with Crippen LogP contribution in [0.15, 0.2) is 283 Å². The summed E-state index contributed by atoms with van der Waals surface area (Å²) < 4.78 is 117. The minimum atomic E-state index is -10.7. The van der Waals surface area contributed by atoms with Gasteiger partial charge in [0.25, 0.3) is 11.5 Å². The molecule has 0 unspecified atom stereocenters. The maximum Gasteiger partial charge on any atom is 0.338 e. The fraction of sp³-hybridized carbons (Fsp3) is 0.204. The molecular formula is C93H103BrF7N14O25PSi2. The van der Waals surface area contributed by atoms with Gasteiger partial charge in [0.15, 0.2) is 11.5 Å². The molecule has 764 valence electrons. The van der Waals surface area contributed by atoms with Crippen molar-refractivity contribution < 1.29 is 150 Å². The van der Waals surface area contributed by atoms with Gasteiger partial charge in [-0.2, -0.15) is 15.6 Å². The normalized spacial score (nSPS) is 10.7. The van der Waals surface area contributed by atoms with Gasteiger partial charge in [0.1, 0.15) is 22.8 Å². The van der Waals surface area contributed by atoms with Crippen LogP contribution < -0.4 is 25.5 Å². The summed E-state index contributed by atoms with van der Waals surface area (Å²) in [5.41, 5.74) is 37.0. The number of carbonyl (C=O) groups excluding carboxylic acids is 2. The first-order chi connectivity index (χ1) is 67.7. The zero-order chi connectivity index (χ0) is 108. The van der Waals surface area contributed by atoms with Crippen LogP contribution in [0.1, 0.15) is 133 Å². The summed E-state index contributed by atoms with van der Waals surface area (Å²) >= 11 is 3.32. The number of carboxylic acids is 4. The fourth-order valence-electron chi connectivity index (χ4n) is 10.5. The van der Waals surface area contributed by atoms with E-state index in [9.17, 15) is 78.6 Å². The van der Waals surface area contributed by atoms with E-state index in [0.29, 0.717) is 103 Å². The number of aliphatic hydroxyl groups excluding tert-OH is 1. The van der Waals surface area contributed by atoms with Gasteiger partial charge in [-0.1, -0.05) is 179 Å². The average molecular weight is 2120 g/mol. The smallest absolute Gasteiger partial charge is 0.338 e. The summed E-state index contributed by atoms with van der Waals surface area (Å²) in [6.45, 7) is 26.2. The topological polar surface area (TPSA) is 589 Å². The number of anilines is 1. The molecule has 0 aliphatic carbocycles. The van der Waals surface area contributed by atoms with E-state index in [1.54, 1.807) is 146 Å². The maximum absolute atomic E-state index is 12.7. The van der Waals surface area contributed by atoms with Crippen molar-refractivity contribution in [3.05, 3.63) is 376 Å². The average Bonchev–Trinajstić information content (AvgIpc) is 0.787. The van der Waals surface area contributed by atoms with E-state index < -0.39 is 76.2 Å². The van der Waals surface area contributed by atoms with Crippen molar-refractivity contribution in [2.45, 2.75) is 65.9 Å². The minimum absolute atomic E-state index is 0.0105. The number of rotatable bonds is 41. The Morgan fingerprint density at radius 1 is 0.552 bits per heavy atom. The van der Waals surface area contributed by atoms with Gasteiger partial charge in [-0.05, 0) is 190 Å². The number of nitrogens with zero attached hydrogens (tertiary/aromatic N) is 12. The molecule has 10 aromatic rings. The third kappa shape index (κ3) is 53.4. The standard InChI is InChI=1S/C17H28N2O6Si.C14H22O3Si.C14H10O3.C10H9N3O3.C9H8O2.C8H8N2O3.C7H6BrN3.C7H4FNO4.C7H7N3O.F6P/c1-5-23-26(24-6-2,25-7-3)12-8-11-18-14-15-9-10-16(19(20)21)17(13-15)22-4;1-5-13-9-11-14(12-10-13)18(15-6-2,16-7-3)17-8-4;15-13(10-4-2-1-3-5-10)11-6-8-12(9-7-11)14(16)17;11-13-6-9(14)5-12-8-3-1-7(2-4-8)10(15)16;1-2-7-3-5-8(6-4-7)9(10)11;1-6(13-11)12-8-4-2-7(10-9)3-5-8;8-5-6-1-3-7(4-2-6)10-11-9;8-6-2-1-4(9(12)13)3-5(6)7(10)11;8-10-9-7-3-1-6(5-11)2-4-7;1-7(2,3,4,5)6/h9-10,13-14H,5-8,11-12H2,1-4H3;5,9-12H,1,6-8H2,2-4H3;1-9H,(H,16,17);1-4,6,12H,5H2,(H,15,16);2-6H,1H2,(H,10,11);2-5,9,11H,1H2;1-4H,5H2;1-3H,(H,10,11);1-4,11H,5H2;/q;;;;;;;;;-1/p+1. The zero-order valence-electron chi connectivity index (χ0n) is 77.8. The molecule has 10 aromatic carbocycles. The summed E-state index contributed by atoms with van der Waals surface area (Å²) in [5, 5.41) is 87.0. The Kier molecular flexibility index (Phi) is 58.0. The molecule has 0 heterocycles. The monoisotopic (exact) mass is 2110 g/mol. The van der Waals surface area contributed by atoms with Crippen LogP contribution >= 0.6 is 23.7 Å². The number of Topliss-reactive ketones (excluding diaryl/α,β-unsaturated/α-hetero) is 1. The molecule has 50 heteroatoms. The van der Waals surface area contributed by atoms with E-state index >= 15 is 0 Å². The fourth-order valence-corrected chi connectivity index (χ4v) is 16.0. The predicted molar refractivity (Wildman–Crippen MR) is 529 cm³/mol. The van der Waals surface area contributed by atoms with Gasteiger partial charge in [-0.25, -0.2) is 23.6 Å². The summed E-state index contributed by atoms with van der Waals surface area (Å²) in [4.78, 5) is 101. The number of aromatic carboxylic acids is 4. The number of nitrogens with two attached hydrogens (primary N) is 1. The molecule has 10 rings (SSSR count). The van der Waals surface area contributed by atoms with E-state index in [-0.39, 0.29) is 53.2 Å². The summed E-state index contributed by atoms with van der Waals surface area (Å²) in [5.74, 6) is -5.41. The van der Waals surface area contributed by atoms with Crippen molar-refractivity contribution in [1.82, 2.24) is 0 Å².